The van der Waals surface area contributed by atoms with Crippen molar-refractivity contribution in [2.45, 2.75) is 5.54 Å². The summed E-state index contributed by atoms with van der Waals surface area (Å²) in [4.78, 5) is 14.7. The van der Waals surface area contributed by atoms with Gasteiger partial charge in [0.15, 0.2) is 0 Å². The molecule has 3 aromatic rings. The fraction of sp³-hybridized carbons (Fsp3) is 0.125. The van der Waals surface area contributed by atoms with Crippen molar-refractivity contribution in [2.24, 2.45) is 0 Å². The third kappa shape index (κ3) is 3.72. The third-order valence-electron chi connectivity index (χ3n) is 4.87. The fourth-order valence-corrected chi connectivity index (χ4v) is 3.49. The van der Waals surface area contributed by atoms with E-state index < -0.39 is 11.4 Å². The standard InChI is InChI=1S/C24H23FN2O2/c1-4-24(18-9-6-5-7-10-18,19-11-8-12-20(25)17-19)27(23(28)26-2)21-13-15-22(29-3)16-14-21/h4-17H,1H2,2-3H3,(H,26,28)/t24-/m1/s1. The highest BCUT2D eigenvalue weighted by Crippen LogP contribution is 2.41. The molecule has 3 aromatic carbocycles. The van der Waals surface area contributed by atoms with Gasteiger partial charge >= 0.3 is 6.03 Å². The summed E-state index contributed by atoms with van der Waals surface area (Å²) in [5.74, 6) is 0.275. The molecule has 0 bridgehead atoms. The van der Waals surface area contributed by atoms with Crippen molar-refractivity contribution in [3.05, 3.63) is 108 Å². The van der Waals surface area contributed by atoms with Gasteiger partial charge in [-0.2, -0.15) is 0 Å². The largest absolute Gasteiger partial charge is 0.497 e. The van der Waals surface area contributed by atoms with E-state index >= 15 is 0 Å². The van der Waals surface area contributed by atoms with Crippen molar-refractivity contribution < 1.29 is 13.9 Å². The quantitative estimate of drug-likeness (QED) is 0.594. The van der Waals surface area contributed by atoms with Gasteiger partial charge in [0, 0.05) is 12.7 Å². The number of methoxy groups -OCH3 is 1. The highest BCUT2D eigenvalue weighted by atomic mass is 19.1. The van der Waals surface area contributed by atoms with Crippen LogP contribution in [0.4, 0.5) is 14.9 Å². The highest BCUT2D eigenvalue weighted by Gasteiger charge is 2.41. The second-order valence-corrected chi connectivity index (χ2v) is 6.44. The van der Waals surface area contributed by atoms with Gasteiger partial charge in [-0.05, 0) is 47.5 Å². The molecule has 4 nitrogen and oxygen atoms in total. The Balaban J connectivity index is 2.33. The van der Waals surface area contributed by atoms with Crippen LogP contribution < -0.4 is 15.0 Å². The molecular weight excluding hydrogens is 367 g/mol. The molecule has 0 aromatic heterocycles. The van der Waals surface area contributed by atoms with Crippen LogP contribution in [0.25, 0.3) is 0 Å². The summed E-state index contributed by atoms with van der Waals surface area (Å²) >= 11 is 0. The minimum atomic E-state index is -1.14. The number of hydrogen-bond donors (Lipinski definition) is 1. The van der Waals surface area contributed by atoms with Crippen molar-refractivity contribution in [2.75, 3.05) is 19.1 Å². The smallest absolute Gasteiger partial charge is 0.322 e. The number of carbonyl (C=O) groups is 1. The van der Waals surface area contributed by atoms with Crippen molar-refractivity contribution in [1.82, 2.24) is 5.32 Å². The first-order valence-electron chi connectivity index (χ1n) is 9.18. The molecule has 29 heavy (non-hydrogen) atoms. The Kier molecular flexibility index (Phi) is 5.98. The zero-order chi connectivity index (χ0) is 20.9. The SMILES string of the molecule is C=C[C@@](c1ccccc1)(c1cccc(F)c1)N(C(=O)NC)c1ccc(OC)cc1. The number of anilines is 1. The van der Waals surface area contributed by atoms with E-state index in [4.69, 9.17) is 4.74 Å². The van der Waals surface area contributed by atoms with E-state index in [1.54, 1.807) is 61.5 Å². The minimum absolute atomic E-state index is 0.358. The van der Waals surface area contributed by atoms with E-state index in [-0.39, 0.29) is 6.03 Å². The molecule has 0 fully saturated rings. The van der Waals surface area contributed by atoms with Crippen LogP contribution in [-0.4, -0.2) is 20.2 Å². The van der Waals surface area contributed by atoms with E-state index in [0.717, 1.165) is 5.56 Å². The average Bonchev–Trinajstić information content (AvgIpc) is 2.78. The highest BCUT2D eigenvalue weighted by molar-refractivity contribution is 5.95. The zero-order valence-electron chi connectivity index (χ0n) is 16.4. The molecule has 2 amide bonds. The minimum Gasteiger partial charge on any atom is -0.497 e. The van der Waals surface area contributed by atoms with Crippen LogP contribution in [-0.2, 0) is 5.54 Å². The molecule has 0 aliphatic rings. The summed E-state index contributed by atoms with van der Waals surface area (Å²) < 4.78 is 19.5. The molecule has 0 spiro atoms. The van der Waals surface area contributed by atoms with Crippen molar-refractivity contribution in [1.29, 1.82) is 0 Å². The normalized spacial score (nSPS) is 12.5. The maximum absolute atomic E-state index is 14.2. The van der Waals surface area contributed by atoms with Gasteiger partial charge in [0.1, 0.15) is 17.1 Å². The van der Waals surface area contributed by atoms with Crippen molar-refractivity contribution in [3.63, 3.8) is 0 Å². The number of carbonyl (C=O) groups excluding carboxylic acids is 1. The Morgan fingerprint density at radius 3 is 2.24 bits per heavy atom. The lowest BCUT2D eigenvalue weighted by molar-refractivity contribution is 0.244. The molecular formula is C24H23FN2O2. The molecule has 0 radical (unpaired) electrons. The Labute approximate surface area is 170 Å². The van der Waals surface area contributed by atoms with E-state index in [1.807, 2.05) is 30.3 Å². The molecule has 0 saturated heterocycles. The first-order chi connectivity index (χ1) is 14.1. The number of nitrogens with zero attached hydrogens (tertiary/aromatic N) is 1. The predicted octanol–water partition coefficient (Wildman–Crippen LogP) is 5.11. The van der Waals surface area contributed by atoms with Crippen LogP contribution in [0.3, 0.4) is 0 Å². The number of rotatable bonds is 6. The van der Waals surface area contributed by atoms with Crippen LogP contribution in [0.2, 0.25) is 0 Å². The molecule has 1 atom stereocenters. The number of halogens is 1. The molecule has 5 heteroatoms. The van der Waals surface area contributed by atoms with E-state index in [2.05, 4.69) is 11.9 Å². The van der Waals surface area contributed by atoms with Gasteiger partial charge in [0.05, 0.1) is 7.11 Å². The predicted molar refractivity (Wildman–Crippen MR) is 114 cm³/mol. The second kappa shape index (κ2) is 8.61. The lowest BCUT2D eigenvalue weighted by atomic mass is 9.80. The van der Waals surface area contributed by atoms with Crippen molar-refractivity contribution in [3.8, 4) is 5.75 Å². The number of urea groups is 1. The second-order valence-electron chi connectivity index (χ2n) is 6.44. The zero-order valence-corrected chi connectivity index (χ0v) is 16.4. The van der Waals surface area contributed by atoms with Crippen LogP contribution >= 0.6 is 0 Å². The van der Waals surface area contributed by atoms with Gasteiger partial charge in [-0.25, -0.2) is 9.18 Å². The summed E-state index contributed by atoms with van der Waals surface area (Å²) in [7, 11) is 3.14. The third-order valence-corrected chi connectivity index (χ3v) is 4.87. The molecule has 3 rings (SSSR count). The molecule has 1 N–H and O–H groups in total. The summed E-state index contributed by atoms with van der Waals surface area (Å²) in [6.45, 7) is 4.04. The van der Waals surface area contributed by atoms with Gasteiger partial charge in [0.25, 0.3) is 0 Å². The monoisotopic (exact) mass is 390 g/mol. The van der Waals surface area contributed by atoms with E-state index in [9.17, 15) is 9.18 Å². The number of benzene rings is 3. The van der Waals surface area contributed by atoms with Crippen LogP contribution in [0.15, 0.2) is 91.5 Å². The maximum atomic E-state index is 14.2. The lowest BCUT2D eigenvalue weighted by Gasteiger charge is -2.42. The van der Waals surface area contributed by atoms with Gasteiger partial charge < -0.3 is 10.1 Å². The Hall–Kier alpha value is -3.60. The summed E-state index contributed by atoms with van der Waals surface area (Å²) in [5, 5.41) is 2.70. The number of nitrogens with one attached hydrogen (secondary N) is 1. The molecule has 0 heterocycles. The van der Waals surface area contributed by atoms with Crippen molar-refractivity contribution >= 4 is 11.7 Å². The summed E-state index contributed by atoms with van der Waals surface area (Å²) in [5.41, 5.74) is 0.828. The topological polar surface area (TPSA) is 41.6 Å². The fourth-order valence-electron chi connectivity index (χ4n) is 3.49. The molecule has 0 unspecified atom stereocenters. The lowest BCUT2D eigenvalue weighted by Crippen LogP contribution is -2.52. The molecule has 0 aliphatic carbocycles. The van der Waals surface area contributed by atoms with Gasteiger partial charge in [0.2, 0.25) is 0 Å². The number of hydrogen-bond acceptors (Lipinski definition) is 2. The summed E-state index contributed by atoms with van der Waals surface area (Å²) in [6.07, 6.45) is 1.66. The van der Waals surface area contributed by atoms with Gasteiger partial charge in [-0.15, -0.1) is 6.58 Å². The van der Waals surface area contributed by atoms with Crippen LogP contribution in [0.1, 0.15) is 11.1 Å². The Morgan fingerprint density at radius 1 is 1.03 bits per heavy atom. The van der Waals surface area contributed by atoms with Crippen LogP contribution in [0, 0.1) is 5.82 Å². The van der Waals surface area contributed by atoms with Gasteiger partial charge in [-0.1, -0.05) is 48.5 Å². The molecule has 0 saturated carbocycles. The maximum Gasteiger partial charge on any atom is 0.322 e. The molecule has 0 aliphatic heterocycles. The Bertz CT molecular complexity index is 989. The Morgan fingerprint density at radius 2 is 1.69 bits per heavy atom. The average molecular weight is 390 g/mol. The summed E-state index contributed by atoms with van der Waals surface area (Å²) in [6, 6.07) is 22.4. The first kappa shape index (κ1) is 20.1. The molecule has 148 valence electrons. The van der Waals surface area contributed by atoms with Crippen LogP contribution in [0.5, 0.6) is 5.75 Å². The van der Waals surface area contributed by atoms with E-state index in [1.165, 1.54) is 12.1 Å². The van der Waals surface area contributed by atoms with E-state index in [0.29, 0.717) is 17.0 Å². The number of amides is 2. The first-order valence-corrected chi connectivity index (χ1v) is 9.18. The van der Waals surface area contributed by atoms with Gasteiger partial charge in [-0.3, -0.25) is 4.90 Å². The number of ether oxygens (including phenoxy) is 1.